The Morgan fingerprint density at radius 3 is 2.50 bits per heavy atom. The number of nitrogens with zero attached hydrogens (tertiary/aromatic N) is 5. The van der Waals surface area contributed by atoms with Gasteiger partial charge >= 0.3 is 5.69 Å². The van der Waals surface area contributed by atoms with Crippen LogP contribution in [0.4, 0.5) is 5.69 Å². The Bertz CT molecular complexity index is 1440. The number of aryl methyl sites for hydroxylation is 1. The molecule has 0 amide bonds. The molecule has 0 spiro atoms. The van der Waals surface area contributed by atoms with Crippen LogP contribution in [-0.2, 0) is 13.5 Å². The van der Waals surface area contributed by atoms with Crippen molar-refractivity contribution >= 4 is 11.8 Å². The van der Waals surface area contributed by atoms with Gasteiger partial charge in [0.1, 0.15) is 0 Å². The Morgan fingerprint density at radius 2 is 1.68 bits per heavy atom. The molecule has 3 aromatic heterocycles. The molecular weight excluding hydrogens is 422 g/mol. The van der Waals surface area contributed by atoms with Crippen molar-refractivity contribution in [3.05, 3.63) is 88.9 Å². The predicted octanol–water partition coefficient (Wildman–Crippen LogP) is 4.86. The van der Waals surface area contributed by atoms with Crippen LogP contribution in [0, 0.1) is 0 Å². The summed E-state index contributed by atoms with van der Waals surface area (Å²) in [6.07, 6.45) is 14.5. The first-order chi connectivity index (χ1) is 16.7. The Hall–Kier alpha value is -3.93. The molecule has 34 heavy (non-hydrogen) atoms. The Balaban J connectivity index is 1.38. The molecule has 1 aliphatic heterocycles. The van der Waals surface area contributed by atoms with Crippen LogP contribution in [0.15, 0.2) is 71.9 Å². The van der Waals surface area contributed by atoms with E-state index in [2.05, 4.69) is 45.2 Å². The number of fused-ring (bicyclic) bond motifs is 1. The molecule has 1 saturated heterocycles. The van der Waals surface area contributed by atoms with Crippen LogP contribution in [0.3, 0.4) is 0 Å². The molecule has 0 N–H and O–H groups in total. The highest BCUT2D eigenvalue weighted by Gasteiger charge is 2.17. The topological polar surface area (TPSA) is 56.0 Å². The molecule has 6 heteroatoms. The fraction of sp³-hybridized carbons (Fsp3) is 0.250. The molecule has 4 heterocycles. The molecule has 6 nitrogen and oxygen atoms in total. The van der Waals surface area contributed by atoms with Gasteiger partial charge in [-0.1, -0.05) is 12.2 Å². The van der Waals surface area contributed by atoms with Crippen LogP contribution >= 0.6 is 0 Å². The standard InChI is InChI=1S/C28H27N5O/c1-31-19-27(26-17-20(12-13-29-26)22-16-21-6-5-7-25(21)30-18-22)33(28(31)34)24-10-8-23(9-11-24)32-14-3-2-4-15-32/h5-6,8-13,16-19H,2-4,7,14-15H2,1H3. The lowest BCUT2D eigenvalue weighted by atomic mass is 10.0. The third-order valence-electron chi connectivity index (χ3n) is 6.85. The fourth-order valence-corrected chi connectivity index (χ4v) is 4.98. The van der Waals surface area contributed by atoms with Gasteiger partial charge in [0.05, 0.1) is 22.8 Å². The lowest BCUT2D eigenvalue weighted by Crippen LogP contribution is -2.29. The number of pyridine rings is 2. The molecule has 0 radical (unpaired) electrons. The SMILES string of the molecule is Cn1cc(-c2cc(-c3cnc4c(c3)C=CC4)ccn2)n(-c2ccc(N3CCCCC3)cc2)c1=O. The zero-order valence-corrected chi connectivity index (χ0v) is 19.3. The molecule has 0 atom stereocenters. The van der Waals surface area contributed by atoms with Crippen LogP contribution in [0.25, 0.3) is 34.3 Å². The normalized spacial score (nSPS) is 15.0. The number of anilines is 1. The summed E-state index contributed by atoms with van der Waals surface area (Å²) in [5, 5.41) is 0. The minimum Gasteiger partial charge on any atom is -0.372 e. The summed E-state index contributed by atoms with van der Waals surface area (Å²) in [6, 6.07) is 14.5. The van der Waals surface area contributed by atoms with E-state index in [0.29, 0.717) is 0 Å². The van der Waals surface area contributed by atoms with E-state index in [1.165, 1.54) is 30.5 Å². The molecule has 4 aromatic rings. The second-order valence-electron chi connectivity index (χ2n) is 9.10. The van der Waals surface area contributed by atoms with Gasteiger partial charge in [0, 0.05) is 56.4 Å². The molecule has 0 unspecified atom stereocenters. The second-order valence-corrected chi connectivity index (χ2v) is 9.10. The van der Waals surface area contributed by atoms with Gasteiger partial charge in [0.15, 0.2) is 0 Å². The highest BCUT2D eigenvalue weighted by Crippen LogP contribution is 2.29. The van der Waals surface area contributed by atoms with E-state index < -0.39 is 0 Å². The van der Waals surface area contributed by atoms with Crippen molar-refractivity contribution in [2.24, 2.45) is 7.05 Å². The first kappa shape index (κ1) is 20.7. The number of rotatable bonds is 4. The van der Waals surface area contributed by atoms with Crippen LogP contribution < -0.4 is 10.6 Å². The van der Waals surface area contributed by atoms with Crippen molar-refractivity contribution in [2.45, 2.75) is 25.7 Å². The number of allylic oxidation sites excluding steroid dienone is 1. The van der Waals surface area contributed by atoms with E-state index in [4.69, 9.17) is 0 Å². The molecule has 0 bridgehead atoms. The van der Waals surface area contributed by atoms with E-state index in [1.807, 2.05) is 36.7 Å². The smallest absolute Gasteiger partial charge is 0.333 e. The Morgan fingerprint density at radius 1 is 0.882 bits per heavy atom. The lowest BCUT2D eigenvalue weighted by Gasteiger charge is -2.28. The van der Waals surface area contributed by atoms with E-state index >= 15 is 0 Å². The molecule has 1 fully saturated rings. The van der Waals surface area contributed by atoms with Crippen molar-refractivity contribution in [1.29, 1.82) is 0 Å². The first-order valence-electron chi connectivity index (χ1n) is 11.9. The fourth-order valence-electron chi connectivity index (χ4n) is 4.98. The van der Waals surface area contributed by atoms with Crippen molar-refractivity contribution in [1.82, 2.24) is 19.1 Å². The summed E-state index contributed by atoms with van der Waals surface area (Å²) in [7, 11) is 1.78. The largest absolute Gasteiger partial charge is 0.372 e. The van der Waals surface area contributed by atoms with E-state index in [1.54, 1.807) is 22.4 Å². The van der Waals surface area contributed by atoms with Gasteiger partial charge in [-0.3, -0.25) is 14.5 Å². The third-order valence-corrected chi connectivity index (χ3v) is 6.85. The summed E-state index contributed by atoms with van der Waals surface area (Å²) < 4.78 is 3.36. The maximum atomic E-state index is 13.1. The van der Waals surface area contributed by atoms with Gasteiger partial charge in [-0.05, 0) is 72.9 Å². The lowest BCUT2D eigenvalue weighted by molar-refractivity contribution is 0.578. The van der Waals surface area contributed by atoms with Gasteiger partial charge in [-0.15, -0.1) is 0 Å². The number of hydrogen-bond donors (Lipinski definition) is 0. The minimum atomic E-state index is -0.0859. The van der Waals surface area contributed by atoms with Gasteiger partial charge in [0.25, 0.3) is 0 Å². The van der Waals surface area contributed by atoms with E-state index in [0.717, 1.165) is 53.4 Å². The summed E-state index contributed by atoms with van der Waals surface area (Å²) in [5.41, 5.74) is 7.86. The van der Waals surface area contributed by atoms with E-state index in [9.17, 15) is 4.79 Å². The summed E-state index contributed by atoms with van der Waals surface area (Å²) in [6.45, 7) is 2.19. The number of imidazole rings is 1. The van der Waals surface area contributed by atoms with Crippen LogP contribution in [0.1, 0.15) is 30.5 Å². The molecule has 6 rings (SSSR count). The molecule has 2 aliphatic rings. The Labute approximate surface area is 198 Å². The summed E-state index contributed by atoms with van der Waals surface area (Å²) in [5.74, 6) is 0. The molecule has 170 valence electrons. The van der Waals surface area contributed by atoms with Crippen molar-refractivity contribution < 1.29 is 0 Å². The average Bonchev–Trinajstić information content (AvgIpc) is 3.48. The van der Waals surface area contributed by atoms with Gasteiger partial charge in [-0.25, -0.2) is 4.79 Å². The molecule has 1 aromatic carbocycles. The van der Waals surface area contributed by atoms with Crippen molar-refractivity contribution in [2.75, 3.05) is 18.0 Å². The summed E-state index contributed by atoms with van der Waals surface area (Å²) >= 11 is 0. The zero-order valence-electron chi connectivity index (χ0n) is 19.3. The van der Waals surface area contributed by atoms with Crippen molar-refractivity contribution in [3.8, 4) is 28.2 Å². The highest BCUT2D eigenvalue weighted by atomic mass is 16.1. The number of piperidine rings is 1. The van der Waals surface area contributed by atoms with E-state index in [-0.39, 0.29) is 5.69 Å². The zero-order chi connectivity index (χ0) is 23.1. The van der Waals surface area contributed by atoms with Gasteiger partial charge < -0.3 is 9.47 Å². The first-order valence-corrected chi connectivity index (χ1v) is 11.9. The molecule has 1 aliphatic carbocycles. The van der Waals surface area contributed by atoms with Gasteiger partial charge in [-0.2, -0.15) is 0 Å². The Kier molecular flexibility index (Phi) is 5.13. The maximum absolute atomic E-state index is 13.1. The minimum absolute atomic E-state index is 0.0859. The molecule has 0 saturated carbocycles. The van der Waals surface area contributed by atoms with Crippen LogP contribution in [0.2, 0.25) is 0 Å². The average molecular weight is 450 g/mol. The predicted molar refractivity (Wildman–Crippen MR) is 136 cm³/mol. The maximum Gasteiger partial charge on any atom is 0.333 e. The number of aromatic nitrogens is 4. The number of hydrogen-bond acceptors (Lipinski definition) is 4. The summed E-state index contributed by atoms with van der Waals surface area (Å²) in [4.78, 5) is 24.8. The third kappa shape index (κ3) is 3.65. The second kappa shape index (κ2) is 8.45. The van der Waals surface area contributed by atoms with Crippen LogP contribution in [0.5, 0.6) is 0 Å². The highest BCUT2D eigenvalue weighted by molar-refractivity contribution is 5.72. The quantitative estimate of drug-likeness (QED) is 0.447. The van der Waals surface area contributed by atoms with Crippen LogP contribution in [-0.4, -0.2) is 32.2 Å². The van der Waals surface area contributed by atoms with Crippen molar-refractivity contribution in [3.63, 3.8) is 0 Å². The number of benzene rings is 1. The monoisotopic (exact) mass is 449 g/mol. The van der Waals surface area contributed by atoms with Gasteiger partial charge in [0.2, 0.25) is 0 Å². The molecular formula is C28H27N5O.